The first-order valence-corrected chi connectivity index (χ1v) is 8.32. The molecule has 0 saturated carbocycles. The normalized spacial score (nSPS) is 20.6. The summed E-state index contributed by atoms with van der Waals surface area (Å²) in [4.78, 5) is 2.62. The van der Waals surface area contributed by atoms with E-state index in [1.54, 1.807) is 0 Å². The Bertz CT molecular complexity index is 638. The van der Waals surface area contributed by atoms with Crippen LogP contribution in [0.1, 0.15) is 12.8 Å². The SMILES string of the molecule is C[N+](C)(C)C1CCCN(CCn2ccc3c(N)cccc32)C1. The third-order valence-electron chi connectivity index (χ3n) is 5.08. The molecule has 3 rings (SSSR count). The van der Waals surface area contributed by atoms with Crippen molar-refractivity contribution >= 4 is 16.6 Å². The molecule has 0 amide bonds. The van der Waals surface area contributed by atoms with E-state index in [1.807, 2.05) is 12.1 Å². The lowest BCUT2D eigenvalue weighted by molar-refractivity contribution is -0.896. The monoisotopic (exact) mass is 301 g/mol. The average Bonchev–Trinajstić information content (AvgIpc) is 2.89. The van der Waals surface area contributed by atoms with Gasteiger partial charge < -0.3 is 14.8 Å². The number of rotatable bonds is 4. The van der Waals surface area contributed by atoms with E-state index < -0.39 is 0 Å². The Morgan fingerprint density at radius 1 is 1.18 bits per heavy atom. The van der Waals surface area contributed by atoms with Gasteiger partial charge in [0.15, 0.2) is 0 Å². The van der Waals surface area contributed by atoms with Crippen molar-refractivity contribution in [1.82, 2.24) is 9.47 Å². The van der Waals surface area contributed by atoms with Gasteiger partial charge in [-0.25, -0.2) is 0 Å². The van der Waals surface area contributed by atoms with Crippen molar-refractivity contribution in [3.8, 4) is 0 Å². The molecule has 22 heavy (non-hydrogen) atoms. The van der Waals surface area contributed by atoms with Gasteiger partial charge in [0, 0.05) is 36.8 Å². The van der Waals surface area contributed by atoms with E-state index >= 15 is 0 Å². The summed E-state index contributed by atoms with van der Waals surface area (Å²) in [5.41, 5.74) is 8.17. The van der Waals surface area contributed by atoms with Crippen LogP contribution in [0, 0.1) is 0 Å². The fraction of sp³-hybridized carbons (Fsp3) is 0.556. The summed E-state index contributed by atoms with van der Waals surface area (Å²) in [7, 11) is 6.95. The molecule has 0 bridgehead atoms. The average molecular weight is 301 g/mol. The Hall–Kier alpha value is -1.52. The van der Waals surface area contributed by atoms with Crippen molar-refractivity contribution in [2.45, 2.75) is 25.4 Å². The van der Waals surface area contributed by atoms with Gasteiger partial charge in [0.2, 0.25) is 0 Å². The summed E-state index contributed by atoms with van der Waals surface area (Å²) in [6.45, 7) is 4.61. The number of likely N-dealkylation sites (tertiary alicyclic amines) is 1. The lowest BCUT2D eigenvalue weighted by Crippen LogP contribution is -2.54. The Morgan fingerprint density at radius 3 is 2.77 bits per heavy atom. The van der Waals surface area contributed by atoms with Gasteiger partial charge >= 0.3 is 0 Å². The Morgan fingerprint density at radius 2 is 2.00 bits per heavy atom. The number of quaternary nitrogens is 1. The zero-order valence-corrected chi connectivity index (χ0v) is 14.1. The van der Waals surface area contributed by atoms with Gasteiger partial charge in [-0.2, -0.15) is 0 Å². The molecule has 2 heterocycles. The summed E-state index contributed by atoms with van der Waals surface area (Å²) < 4.78 is 3.40. The highest BCUT2D eigenvalue weighted by molar-refractivity contribution is 5.91. The number of hydrogen-bond donors (Lipinski definition) is 1. The predicted molar refractivity (Wildman–Crippen MR) is 93.8 cm³/mol. The Balaban J connectivity index is 1.65. The number of nitrogens with zero attached hydrogens (tertiary/aromatic N) is 3. The van der Waals surface area contributed by atoms with E-state index in [0.29, 0.717) is 0 Å². The minimum atomic E-state index is 0.755. The van der Waals surface area contributed by atoms with Crippen LogP contribution >= 0.6 is 0 Å². The van der Waals surface area contributed by atoms with Crippen LogP contribution in [-0.4, -0.2) is 60.8 Å². The molecule has 0 aliphatic carbocycles. The number of anilines is 1. The van der Waals surface area contributed by atoms with Crippen LogP contribution in [0.15, 0.2) is 30.5 Å². The van der Waals surface area contributed by atoms with E-state index in [9.17, 15) is 0 Å². The number of likely N-dealkylation sites (N-methyl/N-ethyl adjacent to an activating group) is 1. The molecule has 4 heteroatoms. The van der Waals surface area contributed by atoms with Crippen LogP contribution in [0.2, 0.25) is 0 Å². The molecule has 0 spiro atoms. The lowest BCUT2D eigenvalue weighted by atomic mass is 10.0. The van der Waals surface area contributed by atoms with Gasteiger partial charge in [0.1, 0.15) is 6.04 Å². The van der Waals surface area contributed by atoms with E-state index in [1.165, 1.54) is 36.8 Å². The summed E-state index contributed by atoms with van der Waals surface area (Å²) in [5, 5.41) is 1.17. The third-order valence-corrected chi connectivity index (χ3v) is 5.08. The highest BCUT2D eigenvalue weighted by atomic mass is 15.3. The number of nitrogen functional groups attached to an aromatic ring is 1. The van der Waals surface area contributed by atoms with E-state index in [-0.39, 0.29) is 0 Å². The first-order chi connectivity index (χ1) is 10.4. The number of piperidine rings is 1. The first kappa shape index (κ1) is 15.4. The summed E-state index contributed by atoms with van der Waals surface area (Å²) in [6, 6.07) is 9.07. The minimum Gasteiger partial charge on any atom is -0.398 e. The number of fused-ring (bicyclic) bond motifs is 1. The molecule has 1 atom stereocenters. The Kier molecular flexibility index (Phi) is 4.15. The molecule has 1 aromatic carbocycles. The fourth-order valence-electron chi connectivity index (χ4n) is 3.56. The van der Waals surface area contributed by atoms with Crippen LogP contribution in [0.25, 0.3) is 10.9 Å². The molecule has 1 aromatic heterocycles. The summed E-state index contributed by atoms with van der Waals surface area (Å²) in [5.74, 6) is 0. The Labute approximate surface area is 133 Å². The van der Waals surface area contributed by atoms with Crippen LogP contribution < -0.4 is 5.73 Å². The number of nitrogens with two attached hydrogens (primary N) is 1. The van der Waals surface area contributed by atoms with Gasteiger partial charge in [0.25, 0.3) is 0 Å². The van der Waals surface area contributed by atoms with Crippen molar-refractivity contribution in [2.75, 3.05) is 46.5 Å². The third kappa shape index (κ3) is 3.13. The maximum absolute atomic E-state index is 6.05. The van der Waals surface area contributed by atoms with Crippen molar-refractivity contribution in [2.24, 2.45) is 0 Å². The number of aromatic nitrogens is 1. The smallest absolute Gasteiger partial charge is 0.101 e. The maximum Gasteiger partial charge on any atom is 0.101 e. The van der Waals surface area contributed by atoms with Crippen molar-refractivity contribution < 1.29 is 4.48 Å². The van der Waals surface area contributed by atoms with Gasteiger partial charge in [-0.15, -0.1) is 0 Å². The molecular formula is C18H29N4+. The van der Waals surface area contributed by atoms with E-state index in [0.717, 1.165) is 29.3 Å². The molecule has 1 unspecified atom stereocenters. The predicted octanol–water partition coefficient (Wildman–Crippen LogP) is 2.39. The second-order valence-electron chi connectivity index (χ2n) is 7.50. The standard InChI is InChI=1S/C18H29N4/c1-22(2,3)15-6-5-10-20(14-15)12-13-21-11-9-16-17(19)7-4-8-18(16)21/h4,7-9,11,15H,5-6,10,12-14,19H2,1-3H3/q+1. The number of hydrogen-bond acceptors (Lipinski definition) is 2. The van der Waals surface area contributed by atoms with E-state index in [2.05, 4.69) is 48.9 Å². The second kappa shape index (κ2) is 5.94. The molecule has 1 aliphatic heterocycles. The quantitative estimate of drug-likeness (QED) is 0.695. The topological polar surface area (TPSA) is 34.2 Å². The maximum atomic E-state index is 6.05. The molecule has 2 N–H and O–H groups in total. The van der Waals surface area contributed by atoms with Gasteiger partial charge in [0.05, 0.1) is 33.2 Å². The van der Waals surface area contributed by atoms with Crippen LogP contribution in [0.4, 0.5) is 5.69 Å². The number of benzene rings is 1. The highest BCUT2D eigenvalue weighted by Crippen LogP contribution is 2.22. The lowest BCUT2D eigenvalue weighted by Gasteiger charge is -2.41. The molecule has 0 radical (unpaired) electrons. The fourth-order valence-corrected chi connectivity index (χ4v) is 3.56. The van der Waals surface area contributed by atoms with Gasteiger partial charge in [-0.05, 0) is 31.2 Å². The van der Waals surface area contributed by atoms with Crippen LogP contribution in [0.3, 0.4) is 0 Å². The van der Waals surface area contributed by atoms with Crippen LogP contribution in [-0.2, 0) is 6.54 Å². The molecule has 120 valence electrons. The van der Waals surface area contributed by atoms with Crippen molar-refractivity contribution in [1.29, 1.82) is 0 Å². The van der Waals surface area contributed by atoms with Crippen molar-refractivity contribution in [3.63, 3.8) is 0 Å². The second-order valence-corrected chi connectivity index (χ2v) is 7.50. The molecule has 1 aliphatic rings. The summed E-state index contributed by atoms with van der Waals surface area (Å²) in [6.07, 6.45) is 4.84. The van der Waals surface area contributed by atoms with Crippen molar-refractivity contribution in [3.05, 3.63) is 30.5 Å². The highest BCUT2D eigenvalue weighted by Gasteiger charge is 2.29. The molecule has 2 aromatic rings. The summed E-state index contributed by atoms with van der Waals surface area (Å²) >= 11 is 0. The largest absolute Gasteiger partial charge is 0.398 e. The van der Waals surface area contributed by atoms with Gasteiger partial charge in [-0.1, -0.05) is 6.07 Å². The molecular weight excluding hydrogens is 272 g/mol. The first-order valence-electron chi connectivity index (χ1n) is 8.32. The zero-order valence-electron chi connectivity index (χ0n) is 14.1. The molecule has 4 nitrogen and oxygen atoms in total. The van der Waals surface area contributed by atoms with Crippen LogP contribution in [0.5, 0.6) is 0 Å². The molecule has 1 saturated heterocycles. The zero-order chi connectivity index (χ0) is 15.7. The van der Waals surface area contributed by atoms with Gasteiger partial charge in [-0.3, -0.25) is 4.90 Å². The molecule has 1 fully saturated rings. The van der Waals surface area contributed by atoms with E-state index in [4.69, 9.17) is 5.73 Å². The minimum absolute atomic E-state index is 0.755.